The van der Waals surface area contributed by atoms with Gasteiger partial charge < -0.3 is 10.2 Å². The summed E-state index contributed by atoms with van der Waals surface area (Å²) < 4.78 is 2.00. The van der Waals surface area contributed by atoms with Gasteiger partial charge in [0.1, 0.15) is 0 Å². The number of aryl methyl sites for hydroxylation is 2. The van der Waals surface area contributed by atoms with Gasteiger partial charge in [0, 0.05) is 13.1 Å². The highest BCUT2D eigenvalue weighted by atomic mass is 16.2. The third-order valence-electron chi connectivity index (χ3n) is 3.34. The molecule has 1 fully saturated rings. The zero-order valence-electron chi connectivity index (χ0n) is 11.3. The molecule has 5 nitrogen and oxygen atoms in total. The predicted molar refractivity (Wildman–Crippen MR) is 70.2 cm³/mol. The van der Waals surface area contributed by atoms with Crippen LogP contribution in [0.4, 0.5) is 0 Å². The molecule has 1 aromatic rings. The molecule has 1 aliphatic rings. The SMILES string of the molecule is CCc1cc(CN2CCCNCC2=O)n(CC)n1. The highest BCUT2D eigenvalue weighted by Gasteiger charge is 2.18. The molecule has 1 aliphatic heterocycles. The molecule has 0 bridgehead atoms. The van der Waals surface area contributed by atoms with E-state index < -0.39 is 0 Å². The van der Waals surface area contributed by atoms with Crippen LogP contribution in [0.2, 0.25) is 0 Å². The standard InChI is InChI=1S/C13H22N4O/c1-3-11-8-12(17(4-2)15-11)10-16-7-5-6-14-9-13(16)18/h8,14H,3-7,9-10H2,1-2H3. The molecule has 0 atom stereocenters. The van der Waals surface area contributed by atoms with Crippen LogP contribution in [-0.4, -0.2) is 40.2 Å². The van der Waals surface area contributed by atoms with Crippen molar-refractivity contribution in [1.29, 1.82) is 0 Å². The highest BCUT2D eigenvalue weighted by Crippen LogP contribution is 2.10. The van der Waals surface area contributed by atoms with Gasteiger partial charge >= 0.3 is 0 Å². The molecular formula is C13H22N4O. The van der Waals surface area contributed by atoms with Crippen molar-refractivity contribution >= 4 is 5.91 Å². The van der Waals surface area contributed by atoms with E-state index in [0.29, 0.717) is 13.1 Å². The van der Waals surface area contributed by atoms with E-state index >= 15 is 0 Å². The molecule has 2 rings (SSSR count). The lowest BCUT2D eigenvalue weighted by Crippen LogP contribution is -2.34. The Morgan fingerprint density at radius 1 is 1.44 bits per heavy atom. The number of carbonyl (C=O) groups is 1. The van der Waals surface area contributed by atoms with Crippen LogP contribution in [0, 0.1) is 0 Å². The Morgan fingerprint density at radius 2 is 2.28 bits per heavy atom. The molecule has 0 unspecified atom stereocenters. The van der Waals surface area contributed by atoms with E-state index in [0.717, 1.165) is 43.9 Å². The Kier molecular flexibility index (Phi) is 4.36. The van der Waals surface area contributed by atoms with Crippen LogP contribution < -0.4 is 5.32 Å². The first-order chi connectivity index (χ1) is 8.74. The number of nitrogens with zero attached hydrogens (tertiary/aromatic N) is 3. The second-order valence-electron chi connectivity index (χ2n) is 4.64. The van der Waals surface area contributed by atoms with Crippen LogP contribution in [-0.2, 0) is 24.3 Å². The first kappa shape index (κ1) is 13.1. The van der Waals surface area contributed by atoms with Gasteiger partial charge in [-0.2, -0.15) is 5.10 Å². The number of hydrogen-bond acceptors (Lipinski definition) is 3. The summed E-state index contributed by atoms with van der Waals surface area (Å²) in [5.74, 6) is 0.189. The molecule has 1 N–H and O–H groups in total. The summed E-state index contributed by atoms with van der Waals surface area (Å²) in [5.41, 5.74) is 2.25. The third-order valence-corrected chi connectivity index (χ3v) is 3.34. The molecule has 0 radical (unpaired) electrons. The van der Waals surface area contributed by atoms with E-state index in [4.69, 9.17) is 0 Å². The Balaban J connectivity index is 2.11. The average Bonchev–Trinajstić information content (AvgIpc) is 2.67. The van der Waals surface area contributed by atoms with Gasteiger partial charge in [-0.15, -0.1) is 0 Å². The zero-order chi connectivity index (χ0) is 13.0. The summed E-state index contributed by atoms with van der Waals surface area (Å²) in [5, 5.41) is 7.67. The van der Waals surface area contributed by atoms with Crippen molar-refractivity contribution in [2.45, 2.75) is 39.8 Å². The lowest BCUT2D eigenvalue weighted by Gasteiger charge is -2.20. The number of amides is 1. The first-order valence-corrected chi connectivity index (χ1v) is 6.78. The van der Waals surface area contributed by atoms with Crippen molar-refractivity contribution in [1.82, 2.24) is 20.0 Å². The highest BCUT2D eigenvalue weighted by molar-refractivity contribution is 5.78. The van der Waals surface area contributed by atoms with E-state index in [-0.39, 0.29) is 5.91 Å². The van der Waals surface area contributed by atoms with Gasteiger partial charge in [-0.3, -0.25) is 9.48 Å². The lowest BCUT2D eigenvalue weighted by molar-refractivity contribution is -0.130. The Labute approximate surface area is 108 Å². The van der Waals surface area contributed by atoms with E-state index in [2.05, 4.69) is 30.3 Å². The van der Waals surface area contributed by atoms with E-state index in [9.17, 15) is 4.79 Å². The monoisotopic (exact) mass is 250 g/mol. The molecular weight excluding hydrogens is 228 g/mol. The minimum atomic E-state index is 0.189. The molecule has 2 heterocycles. The molecule has 1 aromatic heterocycles. The first-order valence-electron chi connectivity index (χ1n) is 6.78. The number of hydrogen-bond donors (Lipinski definition) is 1. The number of aromatic nitrogens is 2. The van der Waals surface area contributed by atoms with Crippen LogP contribution >= 0.6 is 0 Å². The fourth-order valence-electron chi connectivity index (χ4n) is 2.28. The smallest absolute Gasteiger partial charge is 0.236 e. The fraction of sp³-hybridized carbons (Fsp3) is 0.692. The van der Waals surface area contributed by atoms with E-state index in [1.165, 1.54) is 0 Å². The van der Waals surface area contributed by atoms with Crippen LogP contribution in [0.5, 0.6) is 0 Å². The summed E-state index contributed by atoms with van der Waals surface area (Å²) in [6.07, 6.45) is 1.96. The number of nitrogens with one attached hydrogen (secondary N) is 1. The Morgan fingerprint density at radius 3 is 3.00 bits per heavy atom. The van der Waals surface area contributed by atoms with Crippen LogP contribution in [0.1, 0.15) is 31.7 Å². The fourth-order valence-corrected chi connectivity index (χ4v) is 2.28. The van der Waals surface area contributed by atoms with E-state index in [1.807, 2.05) is 9.58 Å². The van der Waals surface area contributed by atoms with Gasteiger partial charge in [0.05, 0.1) is 24.5 Å². The summed E-state index contributed by atoms with van der Waals surface area (Å²) in [6.45, 7) is 7.95. The third kappa shape index (κ3) is 2.90. The summed E-state index contributed by atoms with van der Waals surface area (Å²) in [7, 11) is 0. The summed E-state index contributed by atoms with van der Waals surface area (Å²) >= 11 is 0. The van der Waals surface area contributed by atoms with Gasteiger partial charge in [-0.25, -0.2) is 0 Å². The van der Waals surface area contributed by atoms with Crippen molar-refractivity contribution in [3.63, 3.8) is 0 Å². The van der Waals surface area contributed by atoms with Gasteiger partial charge in [0.2, 0.25) is 5.91 Å². The minimum Gasteiger partial charge on any atom is -0.336 e. The molecule has 0 aromatic carbocycles. The molecule has 100 valence electrons. The molecule has 0 spiro atoms. The second kappa shape index (κ2) is 6.00. The molecule has 5 heteroatoms. The number of carbonyl (C=O) groups excluding carboxylic acids is 1. The molecule has 0 saturated carbocycles. The number of rotatable bonds is 4. The van der Waals surface area contributed by atoms with Crippen LogP contribution in [0.3, 0.4) is 0 Å². The van der Waals surface area contributed by atoms with Gasteiger partial charge in [-0.05, 0) is 32.4 Å². The molecule has 1 amide bonds. The quantitative estimate of drug-likeness (QED) is 0.859. The minimum absolute atomic E-state index is 0.189. The van der Waals surface area contributed by atoms with Crippen molar-refractivity contribution in [2.75, 3.05) is 19.6 Å². The maximum Gasteiger partial charge on any atom is 0.236 e. The lowest BCUT2D eigenvalue weighted by atomic mass is 10.3. The van der Waals surface area contributed by atoms with Gasteiger partial charge in [0.15, 0.2) is 0 Å². The van der Waals surface area contributed by atoms with E-state index in [1.54, 1.807) is 0 Å². The van der Waals surface area contributed by atoms with Gasteiger partial charge in [-0.1, -0.05) is 6.92 Å². The van der Waals surface area contributed by atoms with Gasteiger partial charge in [0.25, 0.3) is 0 Å². The zero-order valence-corrected chi connectivity index (χ0v) is 11.3. The molecule has 18 heavy (non-hydrogen) atoms. The maximum absolute atomic E-state index is 11.9. The van der Waals surface area contributed by atoms with Crippen molar-refractivity contribution < 1.29 is 4.79 Å². The van der Waals surface area contributed by atoms with Crippen LogP contribution in [0.25, 0.3) is 0 Å². The van der Waals surface area contributed by atoms with Crippen molar-refractivity contribution in [2.24, 2.45) is 0 Å². The van der Waals surface area contributed by atoms with Crippen molar-refractivity contribution in [3.05, 3.63) is 17.5 Å². The maximum atomic E-state index is 11.9. The molecule has 0 aliphatic carbocycles. The molecule has 1 saturated heterocycles. The average molecular weight is 250 g/mol. The Hall–Kier alpha value is -1.36. The summed E-state index contributed by atoms with van der Waals surface area (Å²) in [4.78, 5) is 13.9. The normalized spacial score (nSPS) is 17.0. The summed E-state index contributed by atoms with van der Waals surface area (Å²) in [6, 6.07) is 2.12. The van der Waals surface area contributed by atoms with Crippen molar-refractivity contribution in [3.8, 4) is 0 Å². The topological polar surface area (TPSA) is 50.2 Å². The Bertz CT molecular complexity index is 413. The second-order valence-corrected chi connectivity index (χ2v) is 4.64. The largest absolute Gasteiger partial charge is 0.336 e. The van der Waals surface area contributed by atoms with Crippen LogP contribution in [0.15, 0.2) is 6.07 Å². The predicted octanol–water partition coefficient (Wildman–Crippen LogP) is 0.787.